The fourth-order valence-electron chi connectivity index (χ4n) is 0.729. The molecule has 6 heteroatoms. The molecule has 0 saturated heterocycles. The van der Waals surface area contributed by atoms with Crippen molar-refractivity contribution in [3.8, 4) is 0 Å². The molecule has 4 nitrogen and oxygen atoms in total. The van der Waals surface area contributed by atoms with E-state index < -0.39 is 7.82 Å². The molecule has 0 saturated carbocycles. The van der Waals surface area contributed by atoms with Gasteiger partial charge in [-0.2, -0.15) is 7.82 Å². The molecule has 0 heterocycles. The Balaban J connectivity index is -0.000000208. The Kier molecular flexibility index (Phi) is 14.8. The van der Waals surface area contributed by atoms with Crippen LogP contribution in [-0.4, -0.2) is 21.1 Å². The monoisotopic (exact) mass is 330 g/mol. The van der Waals surface area contributed by atoms with E-state index in [0.717, 1.165) is 0 Å². The van der Waals surface area contributed by atoms with E-state index in [1.807, 2.05) is 0 Å². The molecular weight excluding hydrogens is 310 g/mol. The largest absolute Gasteiger partial charge is 1.00 e. The van der Waals surface area contributed by atoms with Crippen LogP contribution in [0.2, 0.25) is 8.87 Å². The zero-order chi connectivity index (χ0) is 11.4. The molecule has 0 aromatic heterocycles. The third-order valence-corrected chi connectivity index (χ3v) is 5.45. The van der Waals surface area contributed by atoms with Crippen molar-refractivity contribution in [2.45, 2.75) is 48.4 Å². The Morgan fingerprint density at radius 2 is 1.36 bits per heavy atom. The summed E-state index contributed by atoms with van der Waals surface area (Å²) in [5, 5.41) is 0. The Labute approximate surface area is 98.1 Å². The van der Waals surface area contributed by atoms with E-state index in [-0.39, 0.29) is 22.6 Å². The van der Waals surface area contributed by atoms with E-state index in [4.69, 9.17) is 19.2 Å². The summed E-state index contributed by atoms with van der Waals surface area (Å²) in [6, 6.07) is 0. The number of phosphoric acid groups is 1. The van der Waals surface area contributed by atoms with E-state index in [1.54, 1.807) is 8.87 Å². The third-order valence-electron chi connectivity index (χ3n) is 1.41. The SMILES string of the molecule is CCC[CH2][Sn+2][CH2]CCC.O=P([O-])([O-])[O-].[H+]. The van der Waals surface area contributed by atoms with Crippen LogP contribution in [-0.2, 0) is 4.57 Å². The van der Waals surface area contributed by atoms with Crippen LogP contribution in [0.5, 0.6) is 0 Å². The van der Waals surface area contributed by atoms with Crippen molar-refractivity contribution in [1.29, 1.82) is 0 Å². The first-order valence-corrected chi connectivity index (χ1v) is 10.3. The van der Waals surface area contributed by atoms with Crippen LogP contribution in [0.25, 0.3) is 0 Å². The molecule has 0 fully saturated rings. The van der Waals surface area contributed by atoms with Crippen molar-refractivity contribution < 1.29 is 20.7 Å². The molecule has 0 aromatic carbocycles. The van der Waals surface area contributed by atoms with E-state index in [9.17, 15) is 0 Å². The molecule has 0 spiro atoms. The van der Waals surface area contributed by atoms with Gasteiger partial charge in [-0.3, -0.25) is 0 Å². The first-order valence-electron chi connectivity index (χ1n) is 4.85. The van der Waals surface area contributed by atoms with Crippen LogP contribution in [0.4, 0.5) is 0 Å². The number of unbranched alkanes of at least 4 members (excludes halogenated alkanes) is 2. The van der Waals surface area contributed by atoms with Crippen LogP contribution in [0.3, 0.4) is 0 Å². The maximum Gasteiger partial charge on any atom is 1.00 e. The topological polar surface area (TPSA) is 86.2 Å². The van der Waals surface area contributed by atoms with Gasteiger partial charge in [-0.05, 0) is 0 Å². The molecule has 0 bridgehead atoms. The fourth-order valence-corrected chi connectivity index (χ4v) is 4.89. The van der Waals surface area contributed by atoms with Crippen LogP contribution in [0, 0.1) is 0 Å². The number of rotatable bonds is 6. The summed E-state index contributed by atoms with van der Waals surface area (Å²) in [5.74, 6) is 0. The van der Waals surface area contributed by atoms with Gasteiger partial charge < -0.3 is 19.2 Å². The van der Waals surface area contributed by atoms with Crippen LogP contribution in [0.1, 0.15) is 41.0 Å². The Morgan fingerprint density at radius 1 is 1.07 bits per heavy atom. The summed E-state index contributed by atoms with van der Waals surface area (Å²) in [7, 11) is -5.39. The molecule has 0 radical (unpaired) electrons. The Hall–Kier alpha value is 0.909. The van der Waals surface area contributed by atoms with E-state index in [2.05, 4.69) is 13.8 Å². The molecule has 0 aromatic rings. The Bertz CT molecular complexity index is 139. The second kappa shape index (κ2) is 12.0. The summed E-state index contributed by atoms with van der Waals surface area (Å²) >= 11 is 0.149. The van der Waals surface area contributed by atoms with E-state index >= 15 is 0 Å². The molecule has 14 heavy (non-hydrogen) atoms. The van der Waals surface area contributed by atoms with Crippen LogP contribution >= 0.6 is 7.82 Å². The first-order chi connectivity index (χ1) is 6.41. The van der Waals surface area contributed by atoms with Crippen LogP contribution < -0.4 is 14.7 Å². The van der Waals surface area contributed by atoms with Crippen molar-refractivity contribution in [2.24, 2.45) is 0 Å². The molecule has 0 amide bonds. The zero-order valence-corrected chi connectivity index (χ0v) is 12.6. The van der Waals surface area contributed by atoms with Gasteiger partial charge in [-0.15, -0.1) is 0 Å². The van der Waals surface area contributed by atoms with Gasteiger partial charge in [0, 0.05) is 0 Å². The fraction of sp³-hybridized carbons (Fsp3) is 1.00. The van der Waals surface area contributed by atoms with Gasteiger partial charge in [-0.1, -0.05) is 0 Å². The van der Waals surface area contributed by atoms with Gasteiger partial charge in [0.05, 0.1) is 0 Å². The predicted molar refractivity (Wildman–Crippen MR) is 53.9 cm³/mol. The molecule has 0 aliphatic heterocycles. The third kappa shape index (κ3) is 38.4. The van der Waals surface area contributed by atoms with Gasteiger partial charge >= 0.3 is 71.0 Å². The van der Waals surface area contributed by atoms with Crippen molar-refractivity contribution >= 4 is 29.0 Å². The number of hydrogen-bond acceptors (Lipinski definition) is 4. The quantitative estimate of drug-likeness (QED) is 0.401. The summed E-state index contributed by atoms with van der Waals surface area (Å²) < 4.78 is 11.8. The summed E-state index contributed by atoms with van der Waals surface area (Å²) in [5.41, 5.74) is 0. The van der Waals surface area contributed by atoms with Gasteiger partial charge in [0.2, 0.25) is 0 Å². The second-order valence-corrected chi connectivity index (χ2v) is 8.08. The van der Waals surface area contributed by atoms with E-state index in [1.165, 1.54) is 25.7 Å². The molecule has 0 aliphatic rings. The van der Waals surface area contributed by atoms with Crippen molar-refractivity contribution in [3.63, 3.8) is 0 Å². The minimum Gasteiger partial charge on any atom is -0.822 e. The minimum absolute atomic E-state index is 0. The normalized spacial score (nSPS) is 10.1. The van der Waals surface area contributed by atoms with Crippen molar-refractivity contribution in [1.82, 2.24) is 0 Å². The molecule has 0 N–H and O–H groups in total. The van der Waals surface area contributed by atoms with Crippen molar-refractivity contribution in [2.75, 3.05) is 0 Å². The smallest absolute Gasteiger partial charge is 0.822 e. The molecular formula is C8H19O4PSn. The zero-order valence-electron chi connectivity index (χ0n) is 9.82. The molecule has 0 unspecified atom stereocenters. The second-order valence-electron chi connectivity index (χ2n) is 2.90. The van der Waals surface area contributed by atoms with Crippen LogP contribution in [0.15, 0.2) is 0 Å². The first kappa shape index (κ1) is 17.3. The average molecular weight is 329 g/mol. The molecule has 0 aliphatic carbocycles. The standard InChI is InChI=1S/2C4H9.H3O4P.Sn/c2*1-3-4-2;1-5(2,3)4;/h2*1,3-4H2,2H3;(H3,1,2,3,4);/q;;;+2/p-2. The molecule has 84 valence electrons. The number of hydrogen-bond donors (Lipinski definition) is 0. The van der Waals surface area contributed by atoms with E-state index in [0.29, 0.717) is 0 Å². The molecule has 0 rings (SSSR count). The Morgan fingerprint density at radius 3 is 1.57 bits per heavy atom. The van der Waals surface area contributed by atoms with Gasteiger partial charge in [0.25, 0.3) is 0 Å². The predicted octanol–water partition coefficient (Wildman–Crippen LogP) is 0.415. The van der Waals surface area contributed by atoms with Gasteiger partial charge in [-0.25, -0.2) is 0 Å². The maximum atomic E-state index is 8.55. The summed E-state index contributed by atoms with van der Waals surface area (Å²) in [6.07, 6.45) is 5.84. The van der Waals surface area contributed by atoms with Gasteiger partial charge in [0.15, 0.2) is 0 Å². The summed E-state index contributed by atoms with van der Waals surface area (Å²) in [4.78, 5) is 25.6. The minimum atomic E-state index is -5.39. The summed E-state index contributed by atoms with van der Waals surface area (Å²) in [6.45, 7) is 4.58. The van der Waals surface area contributed by atoms with Crippen molar-refractivity contribution in [3.05, 3.63) is 0 Å². The molecule has 0 atom stereocenters. The van der Waals surface area contributed by atoms with Gasteiger partial charge in [0.1, 0.15) is 0 Å². The average Bonchev–Trinajstić information content (AvgIpc) is 2.01. The maximum absolute atomic E-state index is 8.55.